The second-order valence-electron chi connectivity index (χ2n) is 7.97. The maximum Gasteiger partial charge on any atom is 0.418 e. The minimum absolute atomic E-state index is 0.0212. The van der Waals surface area contributed by atoms with Gasteiger partial charge < -0.3 is 16.0 Å². The molecule has 0 bridgehead atoms. The largest absolute Gasteiger partial charge is 0.418 e. The van der Waals surface area contributed by atoms with Crippen LogP contribution in [0.15, 0.2) is 48.9 Å². The smallest absolute Gasteiger partial charge is 0.354 e. The molecule has 2 heterocycles. The third-order valence-electron chi connectivity index (χ3n) is 5.33. The molecule has 178 valence electrons. The van der Waals surface area contributed by atoms with E-state index in [0.29, 0.717) is 29.8 Å². The van der Waals surface area contributed by atoms with E-state index in [4.69, 9.17) is 11.6 Å². The number of anilines is 2. The number of carbonyl (C=O) groups is 2. The van der Waals surface area contributed by atoms with E-state index in [0.717, 1.165) is 6.07 Å². The Morgan fingerprint density at radius 1 is 1.18 bits per heavy atom. The van der Waals surface area contributed by atoms with Gasteiger partial charge in [0, 0.05) is 18.3 Å². The van der Waals surface area contributed by atoms with Crippen LogP contribution in [0.1, 0.15) is 34.5 Å². The highest BCUT2D eigenvalue weighted by molar-refractivity contribution is 6.30. The fraction of sp³-hybridized carbons (Fsp3) is 0.273. The van der Waals surface area contributed by atoms with Crippen LogP contribution in [0.25, 0.3) is 0 Å². The van der Waals surface area contributed by atoms with Crippen LogP contribution in [-0.4, -0.2) is 32.1 Å². The molecular formula is C22H20ClF3N6O2. The van der Waals surface area contributed by atoms with E-state index in [9.17, 15) is 22.8 Å². The molecule has 12 heteroatoms. The minimum atomic E-state index is -4.57. The molecule has 0 radical (unpaired) electrons. The molecule has 1 aromatic carbocycles. The molecule has 1 saturated carbocycles. The first kappa shape index (κ1) is 23.6. The van der Waals surface area contributed by atoms with Crippen LogP contribution in [0, 0.1) is 0 Å². The number of carbonyl (C=O) groups excluding carboxylic acids is 2. The van der Waals surface area contributed by atoms with Crippen molar-refractivity contribution in [3.05, 3.63) is 70.8 Å². The van der Waals surface area contributed by atoms with Gasteiger partial charge in [-0.15, -0.1) is 0 Å². The van der Waals surface area contributed by atoms with Gasteiger partial charge in [0.05, 0.1) is 47.1 Å². The number of alkyl halides is 3. The van der Waals surface area contributed by atoms with Gasteiger partial charge in [0.15, 0.2) is 0 Å². The third kappa shape index (κ3) is 5.30. The molecule has 3 N–H and O–H groups in total. The van der Waals surface area contributed by atoms with Crippen molar-refractivity contribution in [2.45, 2.75) is 31.1 Å². The van der Waals surface area contributed by atoms with Crippen molar-refractivity contribution in [1.29, 1.82) is 0 Å². The molecule has 4 rings (SSSR count). The Balaban J connectivity index is 1.35. The molecule has 8 nitrogen and oxygen atoms in total. The van der Waals surface area contributed by atoms with Crippen LogP contribution < -0.4 is 16.0 Å². The van der Waals surface area contributed by atoms with Crippen molar-refractivity contribution >= 4 is 34.8 Å². The lowest BCUT2D eigenvalue weighted by Gasteiger charge is -2.17. The highest BCUT2D eigenvalue weighted by Crippen LogP contribution is 2.38. The van der Waals surface area contributed by atoms with Crippen LogP contribution >= 0.6 is 11.6 Å². The molecule has 0 aliphatic heterocycles. The summed E-state index contributed by atoms with van der Waals surface area (Å²) in [5.41, 5.74) is -0.803. The fourth-order valence-corrected chi connectivity index (χ4v) is 3.49. The van der Waals surface area contributed by atoms with Gasteiger partial charge >= 0.3 is 6.18 Å². The summed E-state index contributed by atoms with van der Waals surface area (Å²) in [5, 5.41) is 12.1. The standard InChI is InChI=1S/C22H20ClF3N6O2/c1-32-12-13(9-29-32)19(33)31-21(6-7-21)20(34)28-10-15-3-4-16(11-27-15)30-18-5-2-14(23)8-17(18)22(24,25)26/h2-5,8-9,11-12,30H,6-7,10H2,1H3,(H,28,34)(H,31,33). The van der Waals surface area contributed by atoms with Crippen molar-refractivity contribution < 1.29 is 22.8 Å². The van der Waals surface area contributed by atoms with Crippen molar-refractivity contribution in [3.8, 4) is 0 Å². The van der Waals surface area contributed by atoms with E-state index in [1.54, 1.807) is 25.4 Å². The van der Waals surface area contributed by atoms with E-state index in [-0.39, 0.29) is 29.1 Å². The zero-order valence-corrected chi connectivity index (χ0v) is 18.7. The molecule has 1 fully saturated rings. The molecule has 0 spiro atoms. The summed E-state index contributed by atoms with van der Waals surface area (Å²) in [7, 11) is 1.69. The summed E-state index contributed by atoms with van der Waals surface area (Å²) in [5.74, 6) is -0.709. The molecular weight excluding hydrogens is 473 g/mol. The number of aromatic nitrogens is 3. The summed E-state index contributed by atoms with van der Waals surface area (Å²) in [4.78, 5) is 29.2. The number of aryl methyl sites for hydroxylation is 1. The van der Waals surface area contributed by atoms with Crippen LogP contribution in [-0.2, 0) is 24.6 Å². The Labute approximate surface area is 197 Å². The number of halogens is 4. The van der Waals surface area contributed by atoms with E-state index in [1.807, 2.05) is 0 Å². The number of benzene rings is 1. The zero-order valence-electron chi connectivity index (χ0n) is 17.9. The Bertz CT molecular complexity index is 1220. The number of nitrogens with one attached hydrogen (secondary N) is 3. The lowest BCUT2D eigenvalue weighted by Crippen LogP contribution is -2.48. The number of rotatable bonds is 7. The Hall–Kier alpha value is -3.60. The van der Waals surface area contributed by atoms with Gasteiger partial charge in [0.2, 0.25) is 5.91 Å². The highest BCUT2D eigenvalue weighted by Gasteiger charge is 2.51. The van der Waals surface area contributed by atoms with E-state index < -0.39 is 17.3 Å². The molecule has 3 aromatic rings. The second kappa shape index (κ2) is 8.98. The Kier molecular flexibility index (Phi) is 6.22. The summed E-state index contributed by atoms with van der Waals surface area (Å²) in [6.45, 7) is 0.0956. The first-order chi connectivity index (χ1) is 16.1. The summed E-state index contributed by atoms with van der Waals surface area (Å²) in [6.07, 6.45) is 0.811. The molecule has 0 unspecified atom stereocenters. The minimum Gasteiger partial charge on any atom is -0.354 e. The second-order valence-corrected chi connectivity index (χ2v) is 8.41. The summed E-state index contributed by atoms with van der Waals surface area (Å²) < 4.78 is 41.3. The predicted molar refractivity (Wildman–Crippen MR) is 118 cm³/mol. The van der Waals surface area contributed by atoms with Crippen LogP contribution in [0.2, 0.25) is 5.02 Å². The SMILES string of the molecule is Cn1cc(C(=O)NC2(C(=O)NCc3ccc(Nc4ccc(Cl)cc4C(F)(F)F)cn3)CC2)cn1. The molecule has 0 atom stereocenters. The normalized spacial score (nSPS) is 14.4. The molecule has 1 aliphatic rings. The Morgan fingerprint density at radius 2 is 1.94 bits per heavy atom. The third-order valence-corrected chi connectivity index (χ3v) is 5.56. The maximum absolute atomic E-state index is 13.3. The first-order valence-corrected chi connectivity index (χ1v) is 10.6. The van der Waals surface area contributed by atoms with E-state index in [1.165, 1.54) is 29.2 Å². The van der Waals surface area contributed by atoms with Gasteiger partial charge in [0.25, 0.3) is 5.91 Å². The van der Waals surface area contributed by atoms with Crippen LogP contribution in [0.5, 0.6) is 0 Å². The molecule has 34 heavy (non-hydrogen) atoms. The van der Waals surface area contributed by atoms with Crippen LogP contribution in [0.4, 0.5) is 24.5 Å². The lowest BCUT2D eigenvalue weighted by atomic mass is 10.1. The van der Waals surface area contributed by atoms with E-state index >= 15 is 0 Å². The highest BCUT2D eigenvalue weighted by atomic mass is 35.5. The quantitative estimate of drug-likeness (QED) is 0.465. The number of pyridine rings is 1. The number of hydrogen-bond acceptors (Lipinski definition) is 5. The van der Waals surface area contributed by atoms with Gasteiger partial charge in [-0.25, -0.2) is 0 Å². The Morgan fingerprint density at radius 3 is 2.53 bits per heavy atom. The summed E-state index contributed by atoms with van der Waals surface area (Å²) >= 11 is 5.70. The maximum atomic E-state index is 13.3. The van der Waals surface area contributed by atoms with Crippen molar-refractivity contribution in [1.82, 2.24) is 25.4 Å². The molecule has 0 saturated heterocycles. The van der Waals surface area contributed by atoms with Gasteiger partial charge in [-0.05, 0) is 43.2 Å². The van der Waals surface area contributed by atoms with Crippen LogP contribution in [0.3, 0.4) is 0 Å². The number of nitrogens with zero attached hydrogens (tertiary/aromatic N) is 3. The van der Waals surface area contributed by atoms with Crippen molar-refractivity contribution in [3.63, 3.8) is 0 Å². The van der Waals surface area contributed by atoms with E-state index in [2.05, 4.69) is 26.0 Å². The number of amides is 2. The first-order valence-electron chi connectivity index (χ1n) is 10.2. The monoisotopic (exact) mass is 492 g/mol. The fourth-order valence-electron chi connectivity index (χ4n) is 3.32. The summed E-state index contributed by atoms with van der Waals surface area (Å²) in [6, 6.07) is 6.59. The average molecular weight is 493 g/mol. The van der Waals surface area contributed by atoms with Gasteiger partial charge in [-0.3, -0.25) is 19.3 Å². The lowest BCUT2D eigenvalue weighted by molar-refractivity contribution is -0.137. The van der Waals surface area contributed by atoms with Crippen molar-refractivity contribution in [2.75, 3.05) is 5.32 Å². The average Bonchev–Trinajstić information content (AvgIpc) is 3.44. The molecule has 2 aromatic heterocycles. The van der Waals surface area contributed by atoms with Gasteiger partial charge in [-0.2, -0.15) is 18.3 Å². The topological polar surface area (TPSA) is 101 Å². The molecule has 2 amide bonds. The van der Waals surface area contributed by atoms with Crippen molar-refractivity contribution in [2.24, 2.45) is 7.05 Å². The number of hydrogen-bond donors (Lipinski definition) is 3. The molecule has 1 aliphatic carbocycles. The van der Waals surface area contributed by atoms with Gasteiger partial charge in [0.1, 0.15) is 5.54 Å². The predicted octanol–water partition coefficient (Wildman–Crippen LogP) is 3.81. The van der Waals surface area contributed by atoms with Gasteiger partial charge in [-0.1, -0.05) is 11.6 Å². The zero-order chi connectivity index (χ0) is 24.5.